The van der Waals surface area contributed by atoms with E-state index in [1.807, 2.05) is 13.8 Å². The highest BCUT2D eigenvalue weighted by molar-refractivity contribution is 6.16. The van der Waals surface area contributed by atoms with Crippen molar-refractivity contribution in [3.63, 3.8) is 0 Å². The summed E-state index contributed by atoms with van der Waals surface area (Å²) in [5, 5.41) is 2.80. The minimum atomic E-state index is -0.357. The van der Waals surface area contributed by atoms with Crippen LogP contribution in [0.3, 0.4) is 0 Å². The molecule has 0 atom stereocenters. The second-order valence-corrected chi connectivity index (χ2v) is 4.87. The molecule has 0 bridgehead atoms. The van der Waals surface area contributed by atoms with Crippen molar-refractivity contribution in [1.29, 1.82) is 0 Å². The molecule has 0 saturated carbocycles. The number of fused-ring (bicyclic) bond motifs is 1. The van der Waals surface area contributed by atoms with E-state index in [9.17, 15) is 9.18 Å². The molecule has 2 aromatic rings. The first-order chi connectivity index (χ1) is 9.01. The molecule has 0 aliphatic carbocycles. The van der Waals surface area contributed by atoms with E-state index < -0.39 is 0 Å². The van der Waals surface area contributed by atoms with Crippen molar-refractivity contribution >= 4 is 28.5 Å². The number of aromatic nitrogens is 2. The molecule has 1 N–H and O–H groups in total. The quantitative estimate of drug-likeness (QED) is 0.876. The number of hydrogen-bond donors (Lipinski definition) is 1. The fourth-order valence-electron chi connectivity index (χ4n) is 1.94. The molecular weight excluding hydrogens is 269 g/mol. The first-order valence-electron chi connectivity index (χ1n) is 6.01. The molecular formula is C13H15ClFN3O. The number of carbonyl (C=O) groups excluding carboxylic acids is 1. The summed E-state index contributed by atoms with van der Waals surface area (Å²) in [6.45, 7) is 3.91. The third-order valence-electron chi connectivity index (χ3n) is 2.66. The van der Waals surface area contributed by atoms with Gasteiger partial charge in [0.15, 0.2) is 0 Å². The lowest BCUT2D eigenvalue weighted by Gasteiger charge is -2.11. The van der Waals surface area contributed by atoms with Crippen molar-refractivity contribution in [1.82, 2.24) is 14.9 Å². The van der Waals surface area contributed by atoms with E-state index in [-0.39, 0.29) is 30.2 Å². The molecule has 0 spiro atoms. The van der Waals surface area contributed by atoms with Gasteiger partial charge < -0.3 is 9.88 Å². The molecule has 1 amide bonds. The standard InChI is InChI=1S/C13H15ClFN3O/c1-8(2)16-13(19)7-18-11-4-3-9(15)5-10(11)17-12(18)6-14/h3-5,8H,6-7H2,1-2H3,(H,16,19). The summed E-state index contributed by atoms with van der Waals surface area (Å²) in [6.07, 6.45) is 0. The molecule has 0 fully saturated rings. The van der Waals surface area contributed by atoms with Crippen LogP contribution in [0.1, 0.15) is 19.7 Å². The van der Waals surface area contributed by atoms with Gasteiger partial charge in [0, 0.05) is 12.1 Å². The van der Waals surface area contributed by atoms with Crippen LogP contribution in [0, 0.1) is 5.82 Å². The molecule has 2 rings (SSSR count). The number of imidazole rings is 1. The Labute approximate surface area is 115 Å². The largest absolute Gasteiger partial charge is 0.352 e. The SMILES string of the molecule is CC(C)NC(=O)Cn1c(CCl)nc2cc(F)ccc21. The zero-order valence-corrected chi connectivity index (χ0v) is 11.5. The average molecular weight is 284 g/mol. The molecule has 1 aromatic carbocycles. The minimum Gasteiger partial charge on any atom is -0.352 e. The number of alkyl halides is 1. The lowest BCUT2D eigenvalue weighted by atomic mass is 10.3. The van der Waals surface area contributed by atoms with E-state index >= 15 is 0 Å². The lowest BCUT2D eigenvalue weighted by molar-refractivity contribution is -0.122. The monoisotopic (exact) mass is 283 g/mol. The third kappa shape index (κ3) is 3.04. The highest BCUT2D eigenvalue weighted by Gasteiger charge is 2.14. The zero-order valence-electron chi connectivity index (χ0n) is 10.8. The van der Waals surface area contributed by atoms with Crippen molar-refractivity contribution in [3.8, 4) is 0 Å². The van der Waals surface area contributed by atoms with Gasteiger partial charge >= 0.3 is 0 Å². The van der Waals surface area contributed by atoms with Gasteiger partial charge in [0.2, 0.25) is 5.91 Å². The first kappa shape index (κ1) is 13.8. The Hall–Kier alpha value is -1.62. The second kappa shape index (κ2) is 5.57. The predicted molar refractivity (Wildman–Crippen MR) is 72.5 cm³/mol. The molecule has 6 heteroatoms. The van der Waals surface area contributed by atoms with Crippen molar-refractivity contribution in [2.45, 2.75) is 32.3 Å². The highest BCUT2D eigenvalue weighted by atomic mass is 35.5. The maximum Gasteiger partial charge on any atom is 0.240 e. The van der Waals surface area contributed by atoms with Crippen LogP contribution < -0.4 is 5.32 Å². The van der Waals surface area contributed by atoms with E-state index in [0.29, 0.717) is 16.9 Å². The highest BCUT2D eigenvalue weighted by Crippen LogP contribution is 2.18. The Kier molecular flexibility index (Phi) is 4.04. The number of halogens is 2. The molecule has 0 saturated heterocycles. The van der Waals surface area contributed by atoms with Gasteiger partial charge in [-0.25, -0.2) is 9.37 Å². The average Bonchev–Trinajstić information content (AvgIpc) is 2.65. The summed E-state index contributed by atoms with van der Waals surface area (Å²) >= 11 is 5.82. The van der Waals surface area contributed by atoms with Gasteiger partial charge in [-0.1, -0.05) is 0 Å². The summed E-state index contributed by atoms with van der Waals surface area (Å²) < 4.78 is 14.9. The summed E-state index contributed by atoms with van der Waals surface area (Å²) in [7, 11) is 0. The van der Waals surface area contributed by atoms with Gasteiger partial charge in [0.25, 0.3) is 0 Å². The Morgan fingerprint density at radius 2 is 2.26 bits per heavy atom. The molecule has 0 radical (unpaired) electrons. The normalized spacial score (nSPS) is 11.2. The van der Waals surface area contributed by atoms with Crippen molar-refractivity contribution in [2.24, 2.45) is 0 Å². The van der Waals surface area contributed by atoms with Gasteiger partial charge in [-0.2, -0.15) is 0 Å². The number of nitrogens with zero attached hydrogens (tertiary/aromatic N) is 2. The maximum atomic E-state index is 13.2. The number of carbonyl (C=O) groups is 1. The van der Waals surface area contributed by atoms with Crippen LogP contribution in [0.4, 0.5) is 4.39 Å². The van der Waals surface area contributed by atoms with Crippen LogP contribution in [-0.2, 0) is 17.2 Å². The first-order valence-corrected chi connectivity index (χ1v) is 6.54. The van der Waals surface area contributed by atoms with Crippen LogP contribution in [0.15, 0.2) is 18.2 Å². The summed E-state index contributed by atoms with van der Waals surface area (Å²) in [6, 6.07) is 4.36. The zero-order chi connectivity index (χ0) is 14.0. The molecule has 4 nitrogen and oxygen atoms in total. The topological polar surface area (TPSA) is 46.9 Å². The number of amides is 1. The van der Waals surface area contributed by atoms with E-state index in [0.717, 1.165) is 0 Å². The van der Waals surface area contributed by atoms with Crippen LogP contribution in [0.25, 0.3) is 11.0 Å². The number of rotatable bonds is 4. The maximum absolute atomic E-state index is 13.2. The van der Waals surface area contributed by atoms with Crippen molar-refractivity contribution in [3.05, 3.63) is 29.8 Å². The molecule has 0 unspecified atom stereocenters. The number of benzene rings is 1. The van der Waals surface area contributed by atoms with Gasteiger partial charge in [0.05, 0.1) is 16.9 Å². The van der Waals surface area contributed by atoms with Crippen molar-refractivity contribution < 1.29 is 9.18 Å². The molecule has 1 aromatic heterocycles. The Bertz CT molecular complexity index is 609. The van der Waals surface area contributed by atoms with Crippen molar-refractivity contribution in [2.75, 3.05) is 0 Å². The summed E-state index contributed by atoms with van der Waals surface area (Å²) in [4.78, 5) is 16.1. The Morgan fingerprint density at radius 1 is 1.53 bits per heavy atom. The van der Waals surface area contributed by atoms with Crippen LogP contribution >= 0.6 is 11.6 Å². The van der Waals surface area contributed by atoms with E-state index in [2.05, 4.69) is 10.3 Å². The van der Waals surface area contributed by atoms with E-state index in [1.165, 1.54) is 12.1 Å². The number of hydrogen-bond acceptors (Lipinski definition) is 2. The molecule has 102 valence electrons. The minimum absolute atomic E-state index is 0.0687. The third-order valence-corrected chi connectivity index (χ3v) is 2.90. The molecule has 1 heterocycles. The fraction of sp³-hybridized carbons (Fsp3) is 0.385. The lowest BCUT2D eigenvalue weighted by Crippen LogP contribution is -2.33. The molecule has 0 aliphatic heterocycles. The van der Waals surface area contributed by atoms with Crippen LogP contribution in [0.5, 0.6) is 0 Å². The molecule has 19 heavy (non-hydrogen) atoms. The number of nitrogens with one attached hydrogen (secondary N) is 1. The Morgan fingerprint density at radius 3 is 2.89 bits per heavy atom. The second-order valence-electron chi connectivity index (χ2n) is 4.60. The Balaban J connectivity index is 2.38. The van der Waals surface area contributed by atoms with E-state index in [4.69, 9.17) is 11.6 Å². The molecule has 0 aliphatic rings. The van der Waals surface area contributed by atoms with Gasteiger partial charge in [0.1, 0.15) is 18.2 Å². The summed E-state index contributed by atoms with van der Waals surface area (Å²) in [5.74, 6) is 0.252. The van der Waals surface area contributed by atoms with Crippen LogP contribution in [-0.4, -0.2) is 21.5 Å². The van der Waals surface area contributed by atoms with Crippen LogP contribution in [0.2, 0.25) is 0 Å². The van der Waals surface area contributed by atoms with Gasteiger partial charge in [-0.15, -0.1) is 11.6 Å². The fourth-order valence-corrected chi connectivity index (χ4v) is 2.15. The smallest absolute Gasteiger partial charge is 0.240 e. The van der Waals surface area contributed by atoms with E-state index in [1.54, 1.807) is 10.6 Å². The van der Waals surface area contributed by atoms with Gasteiger partial charge in [-0.05, 0) is 26.0 Å². The van der Waals surface area contributed by atoms with Gasteiger partial charge in [-0.3, -0.25) is 4.79 Å². The predicted octanol–water partition coefficient (Wildman–Crippen LogP) is 2.44. The summed E-state index contributed by atoms with van der Waals surface area (Å²) in [5.41, 5.74) is 1.21.